The van der Waals surface area contributed by atoms with E-state index in [9.17, 15) is 14.4 Å². The van der Waals surface area contributed by atoms with Gasteiger partial charge in [-0.2, -0.15) is 0 Å². The number of cyclic esters (lactones) is 1. The molecule has 3 rings (SSSR count). The first-order valence-electron chi connectivity index (χ1n) is 9.17. The third-order valence-electron chi connectivity index (χ3n) is 4.99. The zero-order valence-corrected chi connectivity index (χ0v) is 16.2. The number of esters is 1. The number of benzene rings is 1. The van der Waals surface area contributed by atoms with Crippen LogP contribution in [0.15, 0.2) is 30.3 Å². The van der Waals surface area contributed by atoms with Crippen LogP contribution in [-0.4, -0.2) is 46.7 Å². The fourth-order valence-electron chi connectivity index (χ4n) is 3.67. The van der Waals surface area contributed by atoms with E-state index in [1.54, 1.807) is 32.6 Å². The highest BCUT2D eigenvalue weighted by atomic mass is 16.6. The lowest BCUT2D eigenvalue weighted by Crippen LogP contribution is -2.68. The molecule has 2 saturated heterocycles. The summed E-state index contributed by atoms with van der Waals surface area (Å²) in [6, 6.07) is 8.35. The number of amides is 2. The van der Waals surface area contributed by atoms with Crippen molar-refractivity contribution in [2.75, 3.05) is 6.61 Å². The summed E-state index contributed by atoms with van der Waals surface area (Å²) < 4.78 is 10.7. The van der Waals surface area contributed by atoms with E-state index in [4.69, 9.17) is 9.47 Å². The Bertz CT molecular complexity index is 742. The van der Waals surface area contributed by atoms with Crippen molar-refractivity contribution < 1.29 is 23.9 Å². The van der Waals surface area contributed by atoms with Gasteiger partial charge >= 0.3 is 12.1 Å². The second-order valence-corrected chi connectivity index (χ2v) is 8.24. The molecule has 0 bridgehead atoms. The molecule has 2 aliphatic heterocycles. The van der Waals surface area contributed by atoms with Gasteiger partial charge in [-0.15, -0.1) is 0 Å². The molecule has 0 aliphatic carbocycles. The predicted octanol–water partition coefficient (Wildman–Crippen LogP) is 2.56. The molecule has 3 atom stereocenters. The Hall–Kier alpha value is -2.57. The van der Waals surface area contributed by atoms with E-state index < -0.39 is 29.2 Å². The number of carbonyl (C=O) groups excluding carboxylic acids is 3. The summed E-state index contributed by atoms with van der Waals surface area (Å²) in [5, 5.41) is 2.66. The summed E-state index contributed by atoms with van der Waals surface area (Å²) in [5.41, 5.74) is -0.803. The Labute approximate surface area is 159 Å². The summed E-state index contributed by atoms with van der Waals surface area (Å²) in [7, 11) is 0. The van der Waals surface area contributed by atoms with Crippen LogP contribution in [0.25, 0.3) is 0 Å². The number of nitrogens with one attached hydrogen (secondary N) is 1. The van der Waals surface area contributed by atoms with Gasteiger partial charge in [0.2, 0.25) is 5.91 Å². The molecular weight excluding hydrogens is 348 g/mol. The van der Waals surface area contributed by atoms with Gasteiger partial charge in [0.1, 0.15) is 23.8 Å². The number of nitrogens with zero attached hydrogens (tertiary/aromatic N) is 1. The number of alkyl carbamates (subject to hydrolysis) is 1. The van der Waals surface area contributed by atoms with Gasteiger partial charge in [0, 0.05) is 0 Å². The molecule has 0 aromatic heterocycles. The summed E-state index contributed by atoms with van der Waals surface area (Å²) in [4.78, 5) is 39.4. The minimum Gasteiger partial charge on any atom is -0.461 e. The number of piperidine rings is 1. The van der Waals surface area contributed by atoms with Crippen LogP contribution in [0.2, 0.25) is 0 Å². The van der Waals surface area contributed by atoms with E-state index in [0.29, 0.717) is 12.8 Å². The lowest BCUT2D eigenvalue weighted by atomic mass is 9.82. The number of hydrogen-bond acceptors (Lipinski definition) is 5. The molecule has 2 amide bonds. The molecule has 146 valence electrons. The highest BCUT2D eigenvalue weighted by Gasteiger charge is 2.55. The van der Waals surface area contributed by atoms with Gasteiger partial charge in [-0.1, -0.05) is 30.3 Å². The molecule has 1 aromatic rings. The quantitative estimate of drug-likeness (QED) is 0.804. The van der Waals surface area contributed by atoms with Gasteiger partial charge < -0.3 is 19.7 Å². The standard InChI is InChI=1S/C20H26N2O5/c1-19(2,3)27-18(25)21-14-10-11-20(4)17(24)26-12-15(22(20)16(14)23)13-8-6-5-7-9-13/h5-9,14-15H,10-12H2,1-4H3,(H,21,25)/t14-,15-,20+/m0/s1. The Kier molecular flexibility index (Phi) is 4.88. The monoisotopic (exact) mass is 374 g/mol. The third-order valence-corrected chi connectivity index (χ3v) is 4.99. The Morgan fingerprint density at radius 1 is 1.26 bits per heavy atom. The molecule has 0 spiro atoms. The SMILES string of the molecule is CC(C)(C)OC(=O)N[C@H]1CC[C@]2(C)C(=O)OC[C@@H](c3ccccc3)N2C1=O. The fourth-order valence-corrected chi connectivity index (χ4v) is 3.67. The molecule has 7 nitrogen and oxygen atoms in total. The fraction of sp³-hybridized carbons (Fsp3) is 0.550. The summed E-state index contributed by atoms with van der Waals surface area (Å²) in [6.07, 6.45) is 0.114. The molecule has 2 aliphatic rings. The van der Waals surface area contributed by atoms with E-state index in [0.717, 1.165) is 5.56 Å². The zero-order valence-electron chi connectivity index (χ0n) is 16.2. The Morgan fingerprint density at radius 3 is 2.56 bits per heavy atom. The van der Waals surface area contributed by atoms with Crippen LogP contribution in [0.3, 0.4) is 0 Å². The maximum Gasteiger partial charge on any atom is 0.408 e. The van der Waals surface area contributed by atoms with Crippen molar-refractivity contribution in [2.45, 2.75) is 63.8 Å². The molecule has 1 aromatic carbocycles. The van der Waals surface area contributed by atoms with Gasteiger partial charge in [-0.3, -0.25) is 4.79 Å². The maximum absolute atomic E-state index is 13.2. The van der Waals surface area contributed by atoms with Crippen molar-refractivity contribution in [2.24, 2.45) is 0 Å². The molecule has 0 saturated carbocycles. The van der Waals surface area contributed by atoms with Crippen LogP contribution in [0.1, 0.15) is 52.1 Å². The lowest BCUT2D eigenvalue weighted by Gasteiger charge is -2.51. The summed E-state index contributed by atoms with van der Waals surface area (Å²) in [6.45, 7) is 7.12. The Balaban J connectivity index is 1.86. The molecule has 2 fully saturated rings. The van der Waals surface area contributed by atoms with Crippen LogP contribution in [0.4, 0.5) is 4.79 Å². The van der Waals surface area contributed by atoms with Gasteiger partial charge in [-0.05, 0) is 46.1 Å². The van der Waals surface area contributed by atoms with Crippen molar-refractivity contribution in [3.05, 3.63) is 35.9 Å². The molecule has 7 heteroatoms. The normalized spacial score (nSPS) is 28.2. The second-order valence-electron chi connectivity index (χ2n) is 8.24. The molecular formula is C20H26N2O5. The van der Waals surface area contributed by atoms with Crippen LogP contribution >= 0.6 is 0 Å². The summed E-state index contributed by atoms with van der Waals surface area (Å²) >= 11 is 0. The lowest BCUT2D eigenvalue weighted by molar-refractivity contribution is -0.186. The first-order valence-corrected chi connectivity index (χ1v) is 9.17. The number of rotatable bonds is 2. The van der Waals surface area contributed by atoms with Crippen LogP contribution in [0, 0.1) is 0 Å². The van der Waals surface area contributed by atoms with Crippen molar-refractivity contribution >= 4 is 18.0 Å². The zero-order chi connectivity index (χ0) is 19.8. The molecule has 0 radical (unpaired) electrons. The molecule has 27 heavy (non-hydrogen) atoms. The molecule has 1 N–H and O–H groups in total. The topological polar surface area (TPSA) is 84.9 Å². The molecule has 0 unspecified atom stereocenters. The highest BCUT2D eigenvalue weighted by Crippen LogP contribution is 2.40. The van der Waals surface area contributed by atoms with Crippen molar-refractivity contribution in [1.29, 1.82) is 0 Å². The number of carbonyl (C=O) groups is 3. The minimum absolute atomic E-state index is 0.101. The van der Waals surface area contributed by atoms with Gasteiger partial charge in [0.05, 0.1) is 6.04 Å². The minimum atomic E-state index is -1.04. The third kappa shape index (κ3) is 3.77. The highest BCUT2D eigenvalue weighted by molar-refractivity contribution is 5.94. The smallest absolute Gasteiger partial charge is 0.408 e. The van der Waals surface area contributed by atoms with Crippen molar-refractivity contribution in [1.82, 2.24) is 10.2 Å². The van der Waals surface area contributed by atoms with E-state index in [1.807, 2.05) is 30.3 Å². The van der Waals surface area contributed by atoms with E-state index >= 15 is 0 Å². The summed E-state index contributed by atoms with van der Waals surface area (Å²) in [5.74, 6) is -0.695. The largest absolute Gasteiger partial charge is 0.461 e. The van der Waals surface area contributed by atoms with Crippen LogP contribution in [0.5, 0.6) is 0 Å². The number of ether oxygens (including phenoxy) is 2. The first-order chi connectivity index (χ1) is 12.6. The van der Waals surface area contributed by atoms with E-state index in [1.165, 1.54) is 0 Å². The van der Waals surface area contributed by atoms with Gasteiger partial charge in [0.25, 0.3) is 0 Å². The Morgan fingerprint density at radius 2 is 1.93 bits per heavy atom. The first kappa shape index (κ1) is 19.2. The maximum atomic E-state index is 13.2. The molecule has 2 heterocycles. The van der Waals surface area contributed by atoms with Crippen LogP contribution in [-0.2, 0) is 19.1 Å². The average Bonchev–Trinajstić information content (AvgIpc) is 2.58. The number of morpholine rings is 1. The number of hydrogen-bond donors (Lipinski definition) is 1. The van der Waals surface area contributed by atoms with Crippen molar-refractivity contribution in [3.63, 3.8) is 0 Å². The van der Waals surface area contributed by atoms with Crippen LogP contribution < -0.4 is 5.32 Å². The number of fused-ring (bicyclic) bond motifs is 1. The van der Waals surface area contributed by atoms with E-state index in [-0.39, 0.29) is 18.6 Å². The predicted molar refractivity (Wildman–Crippen MR) is 97.8 cm³/mol. The van der Waals surface area contributed by atoms with Gasteiger partial charge in [-0.25, -0.2) is 9.59 Å². The van der Waals surface area contributed by atoms with Crippen molar-refractivity contribution in [3.8, 4) is 0 Å². The van der Waals surface area contributed by atoms with Gasteiger partial charge in [0.15, 0.2) is 0 Å². The van der Waals surface area contributed by atoms with E-state index in [2.05, 4.69) is 5.32 Å². The second kappa shape index (κ2) is 6.87. The average molecular weight is 374 g/mol.